The summed E-state index contributed by atoms with van der Waals surface area (Å²) in [7, 11) is 0. The maximum Gasteiger partial charge on any atom is 0.209 e. The molecule has 4 nitrogen and oxygen atoms in total. The average Bonchev–Trinajstić information content (AvgIpc) is 2.68. The Morgan fingerprint density at radius 2 is 1.61 bits per heavy atom. The number of rotatable bonds is 1. The number of likely N-dealkylation sites (tertiary alicyclic amines) is 1. The summed E-state index contributed by atoms with van der Waals surface area (Å²) in [4.78, 5) is 21.6. The normalized spacial score (nSPS) is 25.2. The number of carbonyl (C=O) groups excluding carboxylic acids is 1. The summed E-state index contributed by atoms with van der Waals surface area (Å²) in [5.74, 6) is 0.964. The van der Waals surface area contributed by atoms with Gasteiger partial charge in [-0.05, 0) is 29.7 Å². The smallest absolute Gasteiger partial charge is 0.209 e. The van der Waals surface area contributed by atoms with Crippen molar-refractivity contribution >= 4 is 17.4 Å². The van der Waals surface area contributed by atoms with Gasteiger partial charge in [0.1, 0.15) is 0 Å². The Bertz CT molecular complexity index is 589. The number of hydrogen-bond acceptors (Lipinski definition) is 3. The van der Waals surface area contributed by atoms with Gasteiger partial charge in [0.2, 0.25) is 6.41 Å². The highest BCUT2D eigenvalue weighted by Crippen LogP contribution is 2.46. The molecule has 2 aliphatic rings. The molecule has 1 aromatic carbocycles. The fraction of sp³-hybridized carbons (Fsp3) is 0.357. The Labute approximate surface area is 105 Å². The average molecular weight is 239 g/mol. The van der Waals surface area contributed by atoms with E-state index < -0.39 is 0 Å². The zero-order chi connectivity index (χ0) is 12.1. The third-order valence-electron chi connectivity index (χ3n) is 4.18. The molecule has 2 heterocycles. The van der Waals surface area contributed by atoms with E-state index >= 15 is 0 Å². The summed E-state index contributed by atoms with van der Waals surface area (Å²) in [6, 6.07) is 4.33. The lowest BCUT2D eigenvalue weighted by Gasteiger charge is -2.28. The van der Waals surface area contributed by atoms with Crippen LogP contribution in [0.15, 0.2) is 24.5 Å². The molecule has 1 aromatic heterocycles. The first-order valence-electron chi connectivity index (χ1n) is 6.29. The van der Waals surface area contributed by atoms with Gasteiger partial charge in [-0.15, -0.1) is 0 Å². The first-order valence-corrected chi connectivity index (χ1v) is 6.29. The van der Waals surface area contributed by atoms with Gasteiger partial charge in [-0.25, -0.2) is 0 Å². The van der Waals surface area contributed by atoms with Crippen LogP contribution >= 0.6 is 0 Å². The molecule has 1 aliphatic carbocycles. The molecule has 4 heteroatoms. The lowest BCUT2D eigenvalue weighted by atomic mass is 9.96. The van der Waals surface area contributed by atoms with E-state index in [1.165, 1.54) is 11.1 Å². The molecule has 0 saturated carbocycles. The third-order valence-corrected chi connectivity index (χ3v) is 4.18. The standard InChI is InChI=1S/C14H13N3O/c18-8-17-6-9-3-10(7-17)12-5-14-13(4-11(9)12)15-1-2-16-14/h1-2,4-5,8-10H,3,6-7H2/t9-,10-/m0/s1. The van der Waals surface area contributed by atoms with E-state index in [1.807, 2.05) is 4.90 Å². The van der Waals surface area contributed by atoms with Crippen molar-refractivity contribution in [1.29, 1.82) is 0 Å². The predicted octanol–water partition coefficient (Wildman–Crippen LogP) is 1.67. The van der Waals surface area contributed by atoms with Crippen LogP contribution in [0.2, 0.25) is 0 Å². The largest absolute Gasteiger partial charge is 0.344 e. The molecule has 2 bridgehead atoms. The molecule has 18 heavy (non-hydrogen) atoms. The second-order valence-electron chi connectivity index (χ2n) is 5.22. The topological polar surface area (TPSA) is 46.1 Å². The minimum absolute atomic E-state index is 0.482. The van der Waals surface area contributed by atoms with E-state index in [2.05, 4.69) is 22.1 Å². The van der Waals surface area contributed by atoms with Crippen molar-refractivity contribution in [2.45, 2.75) is 18.3 Å². The summed E-state index contributed by atoms with van der Waals surface area (Å²) in [6.07, 6.45) is 5.60. The molecule has 0 radical (unpaired) electrons. The SMILES string of the molecule is O=CN1C[C@@H]2C[C@@H](C1)c1cc3nccnc3cc12. The number of fused-ring (bicyclic) bond motifs is 6. The van der Waals surface area contributed by atoms with Gasteiger partial charge in [-0.2, -0.15) is 0 Å². The summed E-state index contributed by atoms with van der Waals surface area (Å²) >= 11 is 0. The minimum atomic E-state index is 0.482. The molecule has 2 aromatic rings. The van der Waals surface area contributed by atoms with Crippen molar-refractivity contribution in [3.63, 3.8) is 0 Å². The van der Waals surface area contributed by atoms with Crippen molar-refractivity contribution in [3.05, 3.63) is 35.7 Å². The fourth-order valence-electron chi connectivity index (χ4n) is 3.42. The Hall–Kier alpha value is -1.97. The highest BCUT2D eigenvalue weighted by molar-refractivity contribution is 5.77. The maximum atomic E-state index is 11.0. The van der Waals surface area contributed by atoms with Gasteiger partial charge in [0, 0.05) is 37.3 Å². The van der Waals surface area contributed by atoms with Gasteiger partial charge in [0.05, 0.1) is 11.0 Å². The Morgan fingerprint density at radius 3 is 2.11 bits per heavy atom. The molecule has 4 rings (SSSR count). The Kier molecular flexibility index (Phi) is 1.95. The monoisotopic (exact) mass is 239 g/mol. The second kappa shape index (κ2) is 3.51. The van der Waals surface area contributed by atoms with E-state index in [0.717, 1.165) is 37.0 Å². The molecule has 1 aliphatic heterocycles. The van der Waals surface area contributed by atoms with Gasteiger partial charge in [0.15, 0.2) is 0 Å². The molecule has 0 N–H and O–H groups in total. The van der Waals surface area contributed by atoms with Crippen LogP contribution in [0.25, 0.3) is 11.0 Å². The van der Waals surface area contributed by atoms with E-state index in [0.29, 0.717) is 11.8 Å². The Balaban J connectivity index is 1.90. The molecule has 1 fully saturated rings. The van der Waals surface area contributed by atoms with Crippen LogP contribution in [0, 0.1) is 0 Å². The van der Waals surface area contributed by atoms with Crippen molar-refractivity contribution in [3.8, 4) is 0 Å². The zero-order valence-electron chi connectivity index (χ0n) is 9.91. The van der Waals surface area contributed by atoms with Crippen molar-refractivity contribution in [2.24, 2.45) is 0 Å². The summed E-state index contributed by atoms with van der Waals surface area (Å²) in [6.45, 7) is 1.69. The molecule has 1 saturated heterocycles. The van der Waals surface area contributed by atoms with Gasteiger partial charge in [-0.1, -0.05) is 0 Å². The van der Waals surface area contributed by atoms with Gasteiger partial charge in [-0.3, -0.25) is 14.8 Å². The summed E-state index contributed by atoms with van der Waals surface area (Å²) in [5.41, 5.74) is 4.66. The van der Waals surface area contributed by atoms with E-state index in [1.54, 1.807) is 12.4 Å². The number of nitrogens with zero attached hydrogens (tertiary/aromatic N) is 3. The first kappa shape index (κ1) is 10.00. The van der Waals surface area contributed by atoms with Crippen LogP contribution in [0.3, 0.4) is 0 Å². The van der Waals surface area contributed by atoms with Gasteiger partial charge in [0.25, 0.3) is 0 Å². The van der Waals surface area contributed by atoms with Crippen LogP contribution in [0.4, 0.5) is 0 Å². The zero-order valence-corrected chi connectivity index (χ0v) is 9.91. The first-order chi connectivity index (χ1) is 8.85. The number of amides is 1. The van der Waals surface area contributed by atoms with Crippen molar-refractivity contribution < 1.29 is 4.79 Å². The van der Waals surface area contributed by atoms with Gasteiger partial charge >= 0.3 is 0 Å². The summed E-state index contributed by atoms with van der Waals surface area (Å²) < 4.78 is 0. The number of carbonyl (C=O) groups is 1. The van der Waals surface area contributed by atoms with Crippen LogP contribution in [-0.4, -0.2) is 34.4 Å². The van der Waals surface area contributed by atoms with Crippen LogP contribution in [0.1, 0.15) is 29.4 Å². The lowest BCUT2D eigenvalue weighted by Crippen LogP contribution is -2.33. The van der Waals surface area contributed by atoms with Crippen LogP contribution in [-0.2, 0) is 4.79 Å². The van der Waals surface area contributed by atoms with Crippen molar-refractivity contribution in [1.82, 2.24) is 14.9 Å². The molecular weight excluding hydrogens is 226 g/mol. The van der Waals surface area contributed by atoms with Gasteiger partial charge < -0.3 is 4.90 Å². The minimum Gasteiger partial charge on any atom is -0.344 e. The molecule has 2 atom stereocenters. The molecular formula is C14H13N3O. The quantitative estimate of drug-likeness (QED) is 0.711. The maximum absolute atomic E-state index is 11.0. The van der Waals surface area contributed by atoms with Crippen molar-refractivity contribution in [2.75, 3.05) is 13.1 Å². The number of benzene rings is 1. The number of piperidine rings is 1. The lowest BCUT2D eigenvalue weighted by molar-refractivity contribution is -0.119. The third kappa shape index (κ3) is 1.29. The Morgan fingerprint density at radius 1 is 1.06 bits per heavy atom. The second-order valence-corrected chi connectivity index (χ2v) is 5.22. The molecule has 1 amide bonds. The fourth-order valence-corrected chi connectivity index (χ4v) is 3.42. The number of hydrogen-bond donors (Lipinski definition) is 0. The molecule has 0 spiro atoms. The van der Waals surface area contributed by atoms with Crippen LogP contribution in [0.5, 0.6) is 0 Å². The number of aromatic nitrogens is 2. The van der Waals surface area contributed by atoms with Crippen LogP contribution < -0.4 is 0 Å². The van der Waals surface area contributed by atoms with E-state index in [9.17, 15) is 4.79 Å². The van der Waals surface area contributed by atoms with E-state index in [4.69, 9.17) is 0 Å². The van der Waals surface area contributed by atoms with E-state index in [-0.39, 0.29) is 0 Å². The summed E-state index contributed by atoms with van der Waals surface area (Å²) in [5, 5.41) is 0. The highest BCUT2D eigenvalue weighted by atomic mass is 16.1. The molecule has 0 unspecified atom stereocenters. The highest BCUT2D eigenvalue weighted by Gasteiger charge is 2.37. The molecule has 90 valence electrons. The predicted molar refractivity (Wildman–Crippen MR) is 67.3 cm³/mol.